The predicted molar refractivity (Wildman–Crippen MR) is 172 cm³/mol. The van der Waals surface area contributed by atoms with E-state index in [0.717, 1.165) is 25.7 Å². The summed E-state index contributed by atoms with van der Waals surface area (Å²) in [4.78, 5) is 33.4. The minimum atomic E-state index is -1.36. The average Bonchev–Trinajstić information content (AvgIpc) is 3.61. The highest BCUT2D eigenvalue weighted by Crippen LogP contribution is 2.59. The number of carbonyl (C=O) groups excluding carboxylic acids is 2. The van der Waals surface area contributed by atoms with Crippen LogP contribution in [0.2, 0.25) is 0 Å². The maximum Gasteiger partial charge on any atom is 0.240 e. The Balaban J connectivity index is 1.30. The summed E-state index contributed by atoms with van der Waals surface area (Å²) < 4.78 is 46.2. The van der Waals surface area contributed by atoms with Crippen LogP contribution in [-0.2, 0) is 9.59 Å². The topological polar surface area (TPSA) is 102 Å². The third kappa shape index (κ3) is 6.46. The number of halogens is 2. The summed E-state index contributed by atoms with van der Waals surface area (Å²) >= 11 is 0. The highest BCUT2D eigenvalue weighted by Gasteiger charge is 2.69. The fourth-order valence-corrected chi connectivity index (χ4v) is 5.80. The van der Waals surface area contributed by atoms with E-state index in [-0.39, 0.29) is 23.3 Å². The number of rotatable bonds is 13. The van der Waals surface area contributed by atoms with Crippen molar-refractivity contribution in [3.05, 3.63) is 78.5 Å². The smallest absolute Gasteiger partial charge is 0.240 e. The number of nitrogens with zero attached hydrogens (tertiary/aromatic N) is 2. The van der Waals surface area contributed by atoms with Crippen molar-refractivity contribution in [1.29, 1.82) is 0 Å². The molecule has 11 heteroatoms. The first-order chi connectivity index (χ1) is 22.1. The highest BCUT2D eigenvalue weighted by atomic mass is 19.1. The average molecular weight is 633 g/mol. The number of carbonyl (C=O) groups is 2. The van der Waals surface area contributed by atoms with E-state index in [2.05, 4.69) is 34.4 Å². The molecule has 3 atom stereocenters. The number of amides is 2. The Kier molecular flexibility index (Phi) is 9.71. The molecule has 0 radical (unpaired) electrons. The summed E-state index contributed by atoms with van der Waals surface area (Å²) in [5, 5.41) is 6.00. The third-order valence-electron chi connectivity index (χ3n) is 8.89. The fraction of sp³-hybridized carbons (Fsp3) is 0.343. The molecule has 3 aromatic carbocycles. The molecule has 0 bridgehead atoms. The number of benzene rings is 3. The molecule has 1 saturated carbocycles. The Bertz CT molecular complexity index is 1720. The number of hydrogen-bond acceptors (Lipinski definition) is 7. The van der Waals surface area contributed by atoms with Gasteiger partial charge in [0, 0.05) is 41.6 Å². The van der Waals surface area contributed by atoms with Gasteiger partial charge in [0.1, 0.15) is 23.6 Å². The normalized spacial score (nSPS) is 18.7. The lowest BCUT2D eigenvalue weighted by atomic mass is 9.99. The first-order valence-electron chi connectivity index (χ1n) is 15.3. The maximum atomic E-state index is 15.4. The van der Waals surface area contributed by atoms with Gasteiger partial charge in [0.25, 0.3) is 0 Å². The van der Waals surface area contributed by atoms with Crippen LogP contribution in [0.1, 0.15) is 27.7 Å². The van der Waals surface area contributed by atoms with Gasteiger partial charge in [-0.05, 0) is 73.5 Å². The fourth-order valence-electron chi connectivity index (χ4n) is 5.80. The minimum Gasteiger partial charge on any atom is -0.493 e. The Hall–Kier alpha value is -4.77. The summed E-state index contributed by atoms with van der Waals surface area (Å²) in [5.74, 6) is -1.41. The van der Waals surface area contributed by atoms with E-state index in [9.17, 15) is 14.0 Å². The van der Waals surface area contributed by atoms with Gasteiger partial charge in [0.15, 0.2) is 23.1 Å². The van der Waals surface area contributed by atoms with E-state index in [1.54, 1.807) is 45.4 Å². The van der Waals surface area contributed by atoms with Gasteiger partial charge in [0.2, 0.25) is 11.8 Å². The van der Waals surface area contributed by atoms with Gasteiger partial charge in [-0.25, -0.2) is 8.78 Å². The number of fused-ring (bicyclic) bond motifs is 1. The Morgan fingerprint density at radius 1 is 0.848 bits per heavy atom. The molecule has 1 heterocycles. The number of pyridine rings is 1. The largest absolute Gasteiger partial charge is 0.493 e. The van der Waals surface area contributed by atoms with E-state index in [1.165, 1.54) is 36.4 Å². The van der Waals surface area contributed by atoms with Crippen LogP contribution in [0.15, 0.2) is 66.9 Å². The van der Waals surface area contributed by atoms with Gasteiger partial charge < -0.3 is 29.7 Å². The van der Waals surface area contributed by atoms with E-state index in [0.29, 0.717) is 40.4 Å². The van der Waals surface area contributed by atoms with Gasteiger partial charge in [-0.15, -0.1) is 0 Å². The van der Waals surface area contributed by atoms with Gasteiger partial charge in [0.05, 0.1) is 12.6 Å². The lowest BCUT2D eigenvalue weighted by Crippen LogP contribution is -2.38. The Labute approximate surface area is 266 Å². The summed E-state index contributed by atoms with van der Waals surface area (Å²) in [5.41, 5.74) is -0.235. The van der Waals surface area contributed by atoms with Crippen LogP contribution >= 0.6 is 0 Å². The van der Waals surface area contributed by atoms with Gasteiger partial charge in [-0.1, -0.05) is 27.7 Å². The van der Waals surface area contributed by atoms with E-state index in [1.807, 2.05) is 0 Å². The molecule has 1 aliphatic carbocycles. The number of likely N-dealkylation sites (N-methyl/N-ethyl adjacent to an activating group) is 1. The number of hydrogen-bond donors (Lipinski definition) is 2. The number of ether oxygens (including phenoxy) is 3. The number of methoxy groups -OCH3 is 1. The second kappa shape index (κ2) is 13.7. The molecule has 0 unspecified atom stereocenters. The molecule has 2 N–H and O–H groups in total. The minimum absolute atomic E-state index is 0.0686. The molecule has 9 nitrogen and oxygen atoms in total. The molecular weight excluding hydrogens is 594 g/mol. The SMILES string of the molecule is CCN(CC)CCOc1cc2nccc(Oc3ccc(NC(=O)[C@@]4(C(=O)Nc5ccc(F)cc5)[C@H](C)[C@@H]4C)cc3F)c2cc1OC. The summed E-state index contributed by atoms with van der Waals surface area (Å²) in [6.45, 7) is 10.9. The van der Waals surface area contributed by atoms with Crippen LogP contribution in [0, 0.1) is 28.9 Å². The van der Waals surface area contributed by atoms with Crippen molar-refractivity contribution in [2.75, 3.05) is 44.0 Å². The Morgan fingerprint density at radius 3 is 2.11 bits per heavy atom. The van der Waals surface area contributed by atoms with Crippen molar-refractivity contribution in [3.63, 3.8) is 0 Å². The molecule has 46 heavy (non-hydrogen) atoms. The molecule has 1 fully saturated rings. The van der Waals surface area contributed by atoms with E-state index >= 15 is 4.39 Å². The van der Waals surface area contributed by atoms with Crippen LogP contribution in [-0.4, -0.2) is 55.0 Å². The molecular formula is C35H38F2N4O5. The molecule has 0 aliphatic heterocycles. The molecule has 5 rings (SSSR count). The highest BCUT2D eigenvalue weighted by molar-refractivity contribution is 6.17. The maximum absolute atomic E-state index is 15.4. The van der Waals surface area contributed by atoms with Gasteiger partial charge in [-0.2, -0.15) is 0 Å². The molecule has 0 saturated heterocycles. The van der Waals surface area contributed by atoms with Gasteiger partial charge in [-0.3, -0.25) is 14.6 Å². The zero-order chi connectivity index (χ0) is 33.0. The van der Waals surface area contributed by atoms with Crippen molar-refractivity contribution >= 4 is 34.1 Å². The van der Waals surface area contributed by atoms with Crippen molar-refractivity contribution in [2.45, 2.75) is 27.7 Å². The van der Waals surface area contributed by atoms with Crippen molar-refractivity contribution in [3.8, 4) is 23.0 Å². The number of anilines is 2. The number of nitrogens with one attached hydrogen (secondary N) is 2. The molecule has 2 amide bonds. The van der Waals surface area contributed by atoms with Crippen molar-refractivity contribution < 1.29 is 32.6 Å². The number of aromatic nitrogens is 1. The standard InChI is InChI=1S/C35H38F2N4O5/c1-6-41(7-2)16-17-45-32-20-28-26(19-31(32)44-5)29(14-15-38-28)46-30-13-12-25(18-27(30)37)40-34(43)35(21(3)22(35)4)33(42)39-24-10-8-23(36)9-11-24/h8-15,18-22H,6-7,16-17H2,1-5H3,(H,39,42)(H,40,43)/t21-,22+,35+. The van der Waals surface area contributed by atoms with Crippen molar-refractivity contribution in [2.24, 2.45) is 17.3 Å². The van der Waals surface area contributed by atoms with E-state index in [4.69, 9.17) is 14.2 Å². The predicted octanol–water partition coefficient (Wildman–Crippen LogP) is 6.88. The Morgan fingerprint density at radius 2 is 1.50 bits per heavy atom. The first-order valence-corrected chi connectivity index (χ1v) is 15.3. The quantitative estimate of drug-likeness (QED) is 0.155. The van der Waals surface area contributed by atoms with Crippen LogP contribution in [0.4, 0.5) is 20.2 Å². The second-order valence-corrected chi connectivity index (χ2v) is 11.3. The lowest BCUT2D eigenvalue weighted by Gasteiger charge is -2.19. The summed E-state index contributed by atoms with van der Waals surface area (Å²) in [6.07, 6.45) is 1.56. The second-order valence-electron chi connectivity index (χ2n) is 11.3. The first kappa shape index (κ1) is 32.6. The van der Waals surface area contributed by atoms with Crippen LogP contribution < -0.4 is 24.8 Å². The van der Waals surface area contributed by atoms with Crippen molar-refractivity contribution in [1.82, 2.24) is 9.88 Å². The zero-order valence-corrected chi connectivity index (χ0v) is 26.5. The molecule has 0 spiro atoms. The van der Waals surface area contributed by atoms with E-state index < -0.39 is 28.9 Å². The van der Waals surface area contributed by atoms with Crippen LogP contribution in [0.25, 0.3) is 10.9 Å². The summed E-state index contributed by atoms with van der Waals surface area (Å²) in [6, 6.07) is 14.5. The third-order valence-corrected chi connectivity index (χ3v) is 8.89. The van der Waals surface area contributed by atoms with Crippen LogP contribution in [0.5, 0.6) is 23.0 Å². The lowest BCUT2D eigenvalue weighted by molar-refractivity contribution is -0.132. The molecule has 1 aliphatic rings. The summed E-state index contributed by atoms with van der Waals surface area (Å²) in [7, 11) is 1.54. The zero-order valence-electron chi connectivity index (χ0n) is 26.5. The molecule has 4 aromatic rings. The molecule has 1 aromatic heterocycles. The monoisotopic (exact) mass is 632 g/mol. The molecule has 242 valence electrons. The van der Waals surface area contributed by atoms with Crippen LogP contribution in [0.3, 0.4) is 0 Å². The van der Waals surface area contributed by atoms with Gasteiger partial charge >= 0.3 is 0 Å².